The van der Waals surface area contributed by atoms with Gasteiger partial charge >= 0.3 is 0 Å². The summed E-state index contributed by atoms with van der Waals surface area (Å²) in [6.07, 6.45) is 1.08. The quantitative estimate of drug-likeness (QED) is 0.741. The average Bonchev–Trinajstić information content (AvgIpc) is 2.67. The maximum absolute atomic E-state index is 13.1. The maximum atomic E-state index is 13.1. The van der Waals surface area contributed by atoms with Crippen molar-refractivity contribution in [3.63, 3.8) is 0 Å². The Morgan fingerprint density at radius 1 is 1.07 bits per heavy atom. The van der Waals surface area contributed by atoms with Gasteiger partial charge in [-0.3, -0.25) is 9.10 Å². The Kier molecular flexibility index (Phi) is 6.01. The van der Waals surface area contributed by atoms with Crippen molar-refractivity contribution in [2.24, 2.45) is 11.8 Å². The van der Waals surface area contributed by atoms with Crippen molar-refractivity contribution in [2.45, 2.75) is 25.2 Å². The number of amides is 1. The lowest BCUT2D eigenvalue weighted by Crippen LogP contribution is -2.42. The standard InChI is InChI=1S/C21H25ClN2O3S/c1-15-11-16(2)14-24(13-15)21(25)19-12-18(9-10-20(19)22)28(26,27)23(3)17-7-5-4-6-8-17/h4-10,12,15-16H,11,13-14H2,1-3H3. The molecule has 28 heavy (non-hydrogen) atoms. The second-order valence-corrected chi connectivity index (χ2v) is 9.98. The maximum Gasteiger partial charge on any atom is 0.264 e. The monoisotopic (exact) mass is 420 g/mol. The van der Waals surface area contributed by atoms with Crippen molar-refractivity contribution in [1.29, 1.82) is 0 Å². The van der Waals surface area contributed by atoms with Crippen LogP contribution in [0.3, 0.4) is 0 Å². The summed E-state index contributed by atoms with van der Waals surface area (Å²) in [5, 5.41) is 0.261. The number of carbonyl (C=O) groups excluding carboxylic acids is 1. The predicted molar refractivity (Wildman–Crippen MR) is 112 cm³/mol. The van der Waals surface area contributed by atoms with Crippen LogP contribution in [0.2, 0.25) is 5.02 Å². The molecular formula is C21H25ClN2O3S. The number of carbonyl (C=O) groups is 1. The van der Waals surface area contributed by atoms with Gasteiger partial charge in [0.05, 0.1) is 21.2 Å². The zero-order chi connectivity index (χ0) is 20.5. The van der Waals surface area contributed by atoms with E-state index >= 15 is 0 Å². The van der Waals surface area contributed by atoms with E-state index in [-0.39, 0.29) is 21.4 Å². The second kappa shape index (κ2) is 8.13. The van der Waals surface area contributed by atoms with Crippen LogP contribution in [0, 0.1) is 11.8 Å². The number of halogens is 1. The van der Waals surface area contributed by atoms with Gasteiger partial charge in [0.25, 0.3) is 15.9 Å². The highest BCUT2D eigenvalue weighted by atomic mass is 35.5. The first kappa shape index (κ1) is 20.7. The zero-order valence-electron chi connectivity index (χ0n) is 16.3. The van der Waals surface area contributed by atoms with E-state index in [0.717, 1.165) is 6.42 Å². The van der Waals surface area contributed by atoms with E-state index in [0.29, 0.717) is 30.6 Å². The zero-order valence-corrected chi connectivity index (χ0v) is 17.9. The predicted octanol–water partition coefficient (Wildman–Crippen LogP) is 4.28. The van der Waals surface area contributed by atoms with Gasteiger partial charge in [-0.05, 0) is 48.6 Å². The fourth-order valence-electron chi connectivity index (χ4n) is 3.76. The summed E-state index contributed by atoms with van der Waals surface area (Å²) in [7, 11) is -2.32. The third-order valence-corrected chi connectivity index (χ3v) is 7.21. The summed E-state index contributed by atoms with van der Waals surface area (Å²) >= 11 is 6.27. The number of likely N-dealkylation sites (tertiary alicyclic amines) is 1. The van der Waals surface area contributed by atoms with Crippen molar-refractivity contribution < 1.29 is 13.2 Å². The van der Waals surface area contributed by atoms with E-state index in [9.17, 15) is 13.2 Å². The van der Waals surface area contributed by atoms with Crippen molar-refractivity contribution in [3.8, 4) is 0 Å². The molecule has 1 saturated heterocycles. The summed E-state index contributed by atoms with van der Waals surface area (Å²) in [5.41, 5.74) is 0.773. The molecule has 7 heteroatoms. The molecule has 0 spiro atoms. The molecular weight excluding hydrogens is 396 g/mol. The molecule has 2 aromatic rings. The van der Waals surface area contributed by atoms with Crippen molar-refractivity contribution in [1.82, 2.24) is 4.90 Å². The Morgan fingerprint density at radius 3 is 2.29 bits per heavy atom. The SMILES string of the molecule is CC1CC(C)CN(C(=O)c2cc(S(=O)(=O)N(C)c3ccccc3)ccc2Cl)C1. The molecule has 150 valence electrons. The fraction of sp³-hybridized carbons (Fsp3) is 0.381. The van der Waals surface area contributed by atoms with Crippen LogP contribution in [-0.2, 0) is 10.0 Å². The number of hydrogen-bond donors (Lipinski definition) is 0. The molecule has 5 nitrogen and oxygen atoms in total. The topological polar surface area (TPSA) is 57.7 Å². The van der Waals surface area contributed by atoms with E-state index < -0.39 is 10.0 Å². The fourth-order valence-corrected chi connectivity index (χ4v) is 5.18. The summed E-state index contributed by atoms with van der Waals surface area (Å²) in [6, 6.07) is 13.1. The number of nitrogens with zero attached hydrogens (tertiary/aromatic N) is 2. The van der Waals surface area contributed by atoms with Crippen LogP contribution in [0.5, 0.6) is 0 Å². The highest BCUT2D eigenvalue weighted by Gasteiger charge is 2.29. The molecule has 1 fully saturated rings. The molecule has 0 saturated carbocycles. The minimum Gasteiger partial charge on any atom is -0.338 e. The molecule has 2 unspecified atom stereocenters. The molecule has 1 aliphatic heterocycles. The van der Waals surface area contributed by atoms with Crippen LogP contribution in [0.1, 0.15) is 30.6 Å². The van der Waals surface area contributed by atoms with Crippen LogP contribution in [0.25, 0.3) is 0 Å². The lowest BCUT2D eigenvalue weighted by Gasteiger charge is -2.35. The number of sulfonamides is 1. The number of rotatable bonds is 4. The summed E-state index contributed by atoms with van der Waals surface area (Å²) < 4.78 is 27.3. The Balaban J connectivity index is 1.94. The van der Waals surface area contributed by atoms with Gasteiger partial charge in [-0.1, -0.05) is 43.6 Å². The van der Waals surface area contributed by atoms with E-state index in [2.05, 4.69) is 13.8 Å². The molecule has 1 aliphatic rings. The average molecular weight is 421 g/mol. The van der Waals surface area contributed by atoms with Gasteiger partial charge in [0.1, 0.15) is 0 Å². The van der Waals surface area contributed by atoms with Crippen molar-refractivity contribution in [2.75, 3.05) is 24.4 Å². The molecule has 0 bridgehead atoms. The van der Waals surface area contributed by atoms with Crippen molar-refractivity contribution in [3.05, 3.63) is 59.1 Å². The molecule has 2 aromatic carbocycles. The summed E-state index contributed by atoms with van der Waals surface area (Å²) in [6.45, 7) is 5.54. The first-order chi connectivity index (χ1) is 13.2. The third-order valence-electron chi connectivity index (χ3n) is 5.10. The number of hydrogen-bond acceptors (Lipinski definition) is 3. The minimum absolute atomic E-state index is 0.0460. The smallest absolute Gasteiger partial charge is 0.264 e. The number of para-hydroxylation sites is 1. The molecule has 1 amide bonds. The van der Waals surface area contributed by atoms with Gasteiger partial charge in [-0.25, -0.2) is 8.42 Å². The normalized spacial score (nSPS) is 20.1. The molecule has 2 atom stereocenters. The van der Waals surface area contributed by atoms with E-state index in [1.807, 2.05) is 6.07 Å². The Morgan fingerprint density at radius 2 is 1.68 bits per heavy atom. The summed E-state index contributed by atoms with van der Waals surface area (Å²) in [4.78, 5) is 14.9. The van der Waals surface area contributed by atoms with Gasteiger partial charge in [0, 0.05) is 20.1 Å². The molecule has 3 rings (SSSR count). The third kappa shape index (κ3) is 4.18. The van der Waals surface area contributed by atoms with Gasteiger partial charge in [-0.15, -0.1) is 0 Å². The molecule has 0 N–H and O–H groups in total. The lowest BCUT2D eigenvalue weighted by molar-refractivity contribution is 0.0623. The molecule has 0 aromatic heterocycles. The number of benzene rings is 2. The first-order valence-corrected chi connectivity index (χ1v) is 11.1. The second-order valence-electron chi connectivity index (χ2n) is 7.61. The minimum atomic E-state index is -3.81. The van der Waals surface area contributed by atoms with Crippen LogP contribution in [-0.4, -0.2) is 39.4 Å². The molecule has 1 heterocycles. The van der Waals surface area contributed by atoms with E-state index in [1.54, 1.807) is 29.2 Å². The number of piperidine rings is 1. The highest BCUT2D eigenvalue weighted by molar-refractivity contribution is 7.92. The molecule has 0 radical (unpaired) electrons. The van der Waals surface area contributed by atoms with Crippen LogP contribution in [0.15, 0.2) is 53.4 Å². The Bertz CT molecular complexity index is 953. The first-order valence-electron chi connectivity index (χ1n) is 9.33. The summed E-state index contributed by atoms with van der Waals surface area (Å²) in [5.74, 6) is 0.591. The van der Waals surface area contributed by atoms with Gasteiger partial charge < -0.3 is 4.90 Å². The van der Waals surface area contributed by atoms with E-state index in [4.69, 9.17) is 11.6 Å². The van der Waals surface area contributed by atoms with Gasteiger partial charge in [0.2, 0.25) is 0 Å². The van der Waals surface area contributed by atoms with Gasteiger partial charge in [-0.2, -0.15) is 0 Å². The Labute approximate surface area is 172 Å². The van der Waals surface area contributed by atoms with E-state index in [1.165, 1.54) is 29.6 Å². The number of anilines is 1. The van der Waals surface area contributed by atoms with Crippen LogP contribution >= 0.6 is 11.6 Å². The van der Waals surface area contributed by atoms with Crippen LogP contribution in [0.4, 0.5) is 5.69 Å². The highest BCUT2D eigenvalue weighted by Crippen LogP contribution is 2.28. The lowest BCUT2D eigenvalue weighted by atomic mass is 9.91. The van der Waals surface area contributed by atoms with Crippen molar-refractivity contribution >= 4 is 33.2 Å². The molecule has 0 aliphatic carbocycles. The Hall–Kier alpha value is -2.05. The van der Waals surface area contributed by atoms with Gasteiger partial charge in [0.15, 0.2) is 0 Å². The largest absolute Gasteiger partial charge is 0.338 e. The van der Waals surface area contributed by atoms with Crippen LogP contribution < -0.4 is 4.31 Å².